The molecule has 1 N–H and O–H groups in total. The van der Waals surface area contributed by atoms with E-state index in [-0.39, 0.29) is 17.3 Å². The molecule has 1 aliphatic carbocycles. The zero-order chi connectivity index (χ0) is 21.3. The molecule has 1 aliphatic rings. The third kappa shape index (κ3) is 4.59. The van der Waals surface area contributed by atoms with Crippen molar-refractivity contribution >= 4 is 33.9 Å². The molecule has 0 unspecified atom stereocenters. The standard InChI is InChI=1S/C19H26N4O5S/c1-11-13(10-20-21-17(25)28-19(2,3)4)29-16-14(11)15(24)23(12-6-7-12)18(26)22(16)8-9-27-5/h10,12H,6-9H2,1-5H3,(H,21,25)/b20-10+. The summed E-state index contributed by atoms with van der Waals surface area (Å²) in [5, 5.41) is 4.45. The number of carbonyl (C=O) groups is 1. The van der Waals surface area contributed by atoms with Crippen LogP contribution in [0.1, 0.15) is 50.1 Å². The number of nitrogens with one attached hydrogen (secondary N) is 1. The van der Waals surface area contributed by atoms with E-state index in [1.54, 1.807) is 32.4 Å². The average molecular weight is 423 g/mol. The number of ether oxygens (including phenoxy) is 2. The molecule has 1 amide bonds. The van der Waals surface area contributed by atoms with Gasteiger partial charge in [-0.05, 0) is 46.1 Å². The molecule has 29 heavy (non-hydrogen) atoms. The Bertz CT molecular complexity index is 1070. The van der Waals surface area contributed by atoms with Gasteiger partial charge >= 0.3 is 11.8 Å². The maximum absolute atomic E-state index is 13.0. The Hall–Kier alpha value is -2.46. The normalized spacial score (nSPS) is 14.7. The third-order valence-electron chi connectivity index (χ3n) is 4.45. The van der Waals surface area contributed by atoms with Crippen molar-refractivity contribution in [1.82, 2.24) is 14.6 Å². The smallest absolute Gasteiger partial charge is 0.428 e. The summed E-state index contributed by atoms with van der Waals surface area (Å²) < 4.78 is 13.2. The van der Waals surface area contributed by atoms with Crippen LogP contribution in [-0.4, -0.2) is 40.8 Å². The Morgan fingerprint density at radius 2 is 2.03 bits per heavy atom. The van der Waals surface area contributed by atoms with E-state index in [1.165, 1.54) is 22.1 Å². The monoisotopic (exact) mass is 422 g/mol. The van der Waals surface area contributed by atoms with Gasteiger partial charge in [-0.25, -0.2) is 15.0 Å². The predicted octanol–water partition coefficient (Wildman–Crippen LogP) is 2.37. The number of thiophene rings is 1. The Morgan fingerprint density at radius 1 is 1.34 bits per heavy atom. The summed E-state index contributed by atoms with van der Waals surface area (Å²) in [6.07, 6.45) is 2.47. The van der Waals surface area contributed by atoms with E-state index in [0.29, 0.717) is 28.2 Å². The molecule has 1 saturated carbocycles. The highest BCUT2D eigenvalue weighted by atomic mass is 32.1. The fourth-order valence-corrected chi connectivity index (χ4v) is 4.17. The van der Waals surface area contributed by atoms with Gasteiger partial charge in [-0.3, -0.25) is 13.9 Å². The van der Waals surface area contributed by atoms with Crippen molar-refractivity contribution in [3.8, 4) is 0 Å². The summed E-state index contributed by atoms with van der Waals surface area (Å²) in [6, 6.07) is -0.0292. The van der Waals surface area contributed by atoms with Crippen LogP contribution < -0.4 is 16.7 Å². The second-order valence-electron chi connectivity index (χ2n) is 7.98. The number of fused-ring (bicyclic) bond motifs is 1. The summed E-state index contributed by atoms with van der Waals surface area (Å²) >= 11 is 1.29. The van der Waals surface area contributed by atoms with E-state index in [2.05, 4.69) is 10.5 Å². The highest BCUT2D eigenvalue weighted by Crippen LogP contribution is 2.34. The van der Waals surface area contributed by atoms with Crippen molar-refractivity contribution in [2.75, 3.05) is 13.7 Å². The molecule has 10 heteroatoms. The molecule has 0 atom stereocenters. The van der Waals surface area contributed by atoms with Crippen LogP contribution >= 0.6 is 11.3 Å². The SMILES string of the molecule is COCCn1c(=O)n(C2CC2)c(=O)c2c(C)c(/C=N/NC(=O)OC(C)(C)C)sc21. The Balaban J connectivity index is 2.00. The summed E-state index contributed by atoms with van der Waals surface area (Å²) in [6.45, 7) is 7.81. The van der Waals surface area contributed by atoms with Crippen molar-refractivity contribution < 1.29 is 14.3 Å². The van der Waals surface area contributed by atoms with Gasteiger partial charge in [-0.1, -0.05) is 0 Å². The van der Waals surface area contributed by atoms with E-state index in [0.717, 1.165) is 18.4 Å². The van der Waals surface area contributed by atoms with Crippen molar-refractivity contribution in [2.45, 2.75) is 58.7 Å². The second kappa shape index (κ2) is 8.11. The Kier molecular flexibility index (Phi) is 5.95. The molecule has 158 valence electrons. The van der Waals surface area contributed by atoms with Gasteiger partial charge in [0.1, 0.15) is 10.4 Å². The molecule has 0 radical (unpaired) electrons. The van der Waals surface area contributed by atoms with Gasteiger partial charge in [0, 0.05) is 13.2 Å². The molecular weight excluding hydrogens is 396 g/mol. The molecule has 0 spiro atoms. The zero-order valence-corrected chi connectivity index (χ0v) is 18.1. The lowest BCUT2D eigenvalue weighted by Crippen LogP contribution is -2.39. The van der Waals surface area contributed by atoms with E-state index < -0.39 is 11.7 Å². The van der Waals surface area contributed by atoms with Crippen molar-refractivity contribution in [2.24, 2.45) is 5.10 Å². The van der Waals surface area contributed by atoms with Crippen molar-refractivity contribution in [3.63, 3.8) is 0 Å². The van der Waals surface area contributed by atoms with Gasteiger partial charge in [-0.15, -0.1) is 11.3 Å². The fourth-order valence-electron chi connectivity index (χ4n) is 2.98. The highest BCUT2D eigenvalue weighted by molar-refractivity contribution is 7.20. The molecule has 3 rings (SSSR count). The summed E-state index contributed by atoms with van der Waals surface area (Å²) in [4.78, 5) is 39.0. The predicted molar refractivity (Wildman–Crippen MR) is 112 cm³/mol. The van der Waals surface area contributed by atoms with Crippen molar-refractivity contribution in [3.05, 3.63) is 31.3 Å². The molecule has 0 bridgehead atoms. The van der Waals surface area contributed by atoms with E-state index in [4.69, 9.17) is 9.47 Å². The summed E-state index contributed by atoms with van der Waals surface area (Å²) in [5.74, 6) is 0. The maximum atomic E-state index is 13.0. The number of aromatic nitrogens is 2. The lowest BCUT2D eigenvalue weighted by molar-refractivity contribution is 0.0529. The number of methoxy groups -OCH3 is 1. The number of amides is 1. The number of hydrazone groups is 1. The lowest BCUT2D eigenvalue weighted by Gasteiger charge is -2.18. The molecule has 0 aliphatic heterocycles. The Morgan fingerprint density at radius 3 is 2.62 bits per heavy atom. The van der Waals surface area contributed by atoms with E-state index >= 15 is 0 Å². The van der Waals surface area contributed by atoms with Crippen LogP contribution in [0.2, 0.25) is 0 Å². The van der Waals surface area contributed by atoms with Gasteiger partial charge in [0.25, 0.3) is 5.56 Å². The van der Waals surface area contributed by atoms with Gasteiger partial charge in [0.15, 0.2) is 0 Å². The van der Waals surface area contributed by atoms with Crippen LogP contribution in [0.3, 0.4) is 0 Å². The minimum Gasteiger partial charge on any atom is -0.443 e. The van der Waals surface area contributed by atoms with Crippen LogP contribution in [0, 0.1) is 6.92 Å². The molecule has 2 aromatic heterocycles. The number of aryl methyl sites for hydroxylation is 1. The molecule has 9 nitrogen and oxygen atoms in total. The first-order valence-electron chi connectivity index (χ1n) is 9.43. The summed E-state index contributed by atoms with van der Waals surface area (Å²) in [7, 11) is 1.57. The Labute approximate surface area is 171 Å². The number of rotatable bonds is 6. The van der Waals surface area contributed by atoms with Crippen LogP contribution in [0.15, 0.2) is 14.7 Å². The van der Waals surface area contributed by atoms with Gasteiger partial charge in [0.2, 0.25) is 0 Å². The van der Waals surface area contributed by atoms with Crippen molar-refractivity contribution in [1.29, 1.82) is 0 Å². The van der Waals surface area contributed by atoms with Gasteiger partial charge in [-0.2, -0.15) is 5.10 Å². The maximum Gasteiger partial charge on any atom is 0.428 e. The van der Waals surface area contributed by atoms with Crippen LogP contribution in [-0.2, 0) is 16.0 Å². The third-order valence-corrected chi connectivity index (χ3v) is 5.70. The molecule has 2 aromatic rings. The number of carbonyl (C=O) groups excluding carboxylic acids is 1. The zero-order valence-electron chi connectivity index (χ0n) is 17.3. The largest absolute Gasteiger partial charge is 0.443 e. The topological polar surface area (TPSA) is 104 Å². The van der Waals surface area contributed by atoms with Gasteiger partial charge < -0.3 is 9.47 Å². The quantitative estimate of drug-likeness (QED) is 0.569. The first kappa shape index (κ1) is 21.3. The first-order chi connectivity index (χ1) is 13.6. The van der Waals surface area contributed by atoms with Crippen LogP contribution in [0.25, 0.3) is 10.2 Å². The lowest BCUT2D eigenvalue weighted by atomic mass is 10.2. The summed E-state index contributed by atoms with van der Waals surface area (Å²) in [5.41, 5.74) is 1.84. The molecule has 1 fully saturated rings. The number of hydrogen-bond donors (Lipinski definition) is 1. The molecule has 2 heterocycles. The average Bonchev–Trinajstić information content (AvgIpc) is 3.38. The number of nitrogens with zero attached hydrogens (tertiary/aromatic N) is 3. The van der Waals surface area contributed by atoms with E-state index in [1.807, 2.05) is 6.92 Å². The number of hydrogen-bond acceptors (Lipinski definition) is 7. The highest BCUT2D eigenvalue weighted by Gasteiger charge is 2.30. The van der Waals surface area contributed by atoms with Crippen LogP contribution in [0.4, 0.5) is 4.79 Å². The van der Waals surface area contributed by atoms with E-state index in [9.17, 15) is 14.4 Å². The molecular formula is C19H26N4O5S. The first-order valence-corrected chi connectivity index (χ1v) is 10.2. The second-order valence-corrected chi connectivity index (χ2v) is 9.01. The molecule has 0 aromatic carbocycles. The minimum atomic E-state index is -0.666. The minimum absolute atomic E-state index is 0.0292. The van der Waals surface area contributed by atoms with Crippen LogP contribution in [0.5, 0.6) is 0 Å². The molecule has 0 saturated heterocycles. The fraction of sp³-hybridized carbons (Fsp3) is 0.579. The van der Waals surface area contributed by atoms with Gasteiger partial charge in [0.05, 0.1) is 29.6 Å².